The van der Waals surface area contributed by atoms with Crippen LogP contribution in [0.5, 0.6) is 0 Å². The van der Waals surface area contributed by atoms with E-state index in [0.29, 0.717) is 21.7 Å². The van der Waals surface area contributed by atoms with Crippen molar-refractivity contribution in [3.63, 3.8) is 0 Å². The third kappa shape index (κ3) is 5.78. The highest BCUT2D eigenvalue weighted by Gasteiger charge is 2.54. The quantitative estimate of drug-likeness (QED) is 0.391. The molecule has 0 fully saturated rings. The molecule has 0 unspecified atom stereocenters. The maximum atomic E-state index is 13.3. The maximum Gasteiger partial charge on any atom is 0.490 e. The van der Waals surface area contributed by atoms with Gasteiger partial charge in [-0.25, -0.2) is 19.1 Å². The molecule has 1 atom stereocenters. The van der Waals surface area contributed by atoms with E-state index in [2.05, 4.69) is 14.3 Å². The molecular formula is C19H16F6N4O4S. The standard InChI is InChI=1S/C17H15F3N4O2S.C2HF3O2/c1-9-2-3-10(16(26,8-25)17(18,19)20)6-11(9)12-7-22-15(21)14(24-12)13-4-5-23-27-13;3-2(4,5)1(6)7/h2-7,25-26H,8H2,1H3,(H2,21,22);(H,6,7)/t16-;/m1./s1. The summed E-state index contributed by atoms with van der Waals surface area (Å²) < 4.78 is 75.5. The fourth-order valence-corrected chi connectivity index (χ4v) is 3.14. The molecule has 0 saturated carbocycles. The van der Waals surface area contributed by atoms with E-state index < -0.39 is 36.1 Å². The Morgan fingerprint density at radius 1 is 1.15 bits per heavy atom. The fourth-order valence-electron chi connectivity index (χ4n) is 2.55. The van der Waals surface area contributed by atoms with Gasteiger partial charge in [-0.1, -0.05) is 12.1 Å². The molecule has 184 valence electrons. The minimum absolute atomic E-state index is 0.166. The Hall–Kier alpha value is -3.30. The normalized spacial score (nSPS) is 13.6. The Morgan fingerprint density at radius 2 is 1.76 bits per heavy atom. The Labute approximate surface area is 191 Å². The number of aliphatic hydroxyl groups is 2. The van der Waals surface area contributed by atoms with Gasteiger partial charge in [0.05, 0.1) is 23.4 Å². The number of aromatic nitrogens is 3. The molecule has 0 saturated heterocycles. The lowest BCUT2D eigenvalue weighted by Gasteiger charge is -2.29. The van der Waals surface area contributed by atoms with Gasteiger partial charge in [0.1, 0.15) is 5.69 Å². The third-order valence-electron chi connectivity index (χ3n) is 4.40. The summed E-state index contributed by atoms with van der Waals surface area (Å²) >= 11 is 1.16. The Kier molecular flexibility index (Phi) is 7.85. The van der Waals surface area contributed by atoms with Crippen molar-refractivity contribution >= 4 is 23.3 Å². The molecule has 0 aliphatic carbocycles. The number of carbonyl (C=O) groups is 1. The maximum absolute atomic E-state index is 13.3. The number of hydrogen-bond donors (Lipinski definition) is 4. The van der Waals surface area contributed by atoms with Crippen LogP contribution in [0.2, 0.25) is 0 Å². The monoisotopic (exact) mass is 510 g/mol. The number of hydrogen-bond acceptors (Lipinski definition) is 8. The van der Waals surface area contributed by atoms with Gasteiger partial charge in [0.2, 0.25) is 5.60 Å². The van der Waals surface area contributed by atoms with Gasteiger partial charge in [-0.3, -0.25) is 0 Å². The van der Waals surface area contributed by atoms with Crippen molar-refractivity contribution in [3.8, 4) is 21.8 Å². The molecule has 0 spiro atoms. The van der Waals surface area contributed by atoms with Crippen LogP contribution in [-0.2, 0) is 10.4 Å². The average molecular weight is 510 g/mol. The van der Waals surface area contributed by atoms with Gasteiger partial charge in [-0.05, 0) is 41.7 Å². The van der Waals surface area contributed by atoms with Crippen molar-refractivity contribution in [1.29, 1.82) is 0 Å². The van der Waals surface area contributed by atoms with Crippen molar-refractivity contribution in [2.24, 2.45) is 0 Å². The molecule has 34 heavy (non-hydrogen) atoms. The first-order valence-corrected chi connectivity index (χ1v) is 9.74. The molecule has 1 aromatic carbocycles. The van der Waals surface area contributed by atoms with E-state index in [-0.39, 0.29) is 11.5 Å². The van der Waals surface area contributed by atoms with Crippen LogP contribution in [0.1, 0.15) is 11.1 Å². The predicted octanol–water partition coefficient (Wildman–Crippen LogP) is 3.53. The number of nitrogens with zero attached hydrogens (tertiary/aromatic N) is 3. The lowest BCUT2D eigenvalue weighted by Crippen LogP contribution is -2.45. The molecule has 15 heteroatoms. The van der Waals surface area contributed by atoms with Gasteiger partial charge < -0.3 is 21.1 Å². The van der Waals surface area contributed by atoms with Crippen molar-refractivity contribution in [1.82, 2.24) is 14.3 Å². The van der Waals surface area contributed by atoms with Crippen LogP contribution in [0.4, 0.5) is 32.2 Å². The van der Waals surface area contributed by atoms with Crippen LogP contribution in [0.25, 0.3) is 21.8 Å². The number of anilines is 1. The van der Waals surface area contributed by atoms with Gasteiger partial charge >= 0.3 is 18.3 Å². The fraction of sp³-hybridized carbons (Fsp3) is 0.263. The molecule has 3 aromatic rings. The smallest absolute Gasteiger partial charge is 0.475 e. The van der Waals surface area contributed by atoms with Gasteiger partial charge in [0.15, 0.2) is 5.82 Å². The highest BCUT2D eigenvalue weighted by molar-refractivity contribution is 7.09. The highest BCUT2D eigenvalue weighted by Crippen LogP contribution is 2.40. The molecule has 2 heterocycles. The largest absolute Gasteiger partial charge is 0.490 e. The van der Waals surface area contributed by atoms with E-state index in [1.54, 1.807) is 19.2 Å². The number of halogens is 6. The van der Waals surface area contributed by atoms with Crippen molar-refractivity contribution < 1.29 is 46.5 Å². The summed E-state index contributed by atoms with van der Waals surface area (Å²) in [4.78, 5) is 18.0. The first kappa shape index (κ1) is 26.9. The number of aryl methyl sites for hydroxylation is 1. The minimum atomic E-state index is -5.08. The molecule has 0 aliphatic heterocycles. The first-order valence-electron chi connectivity index (χ1n) is 8.97. The molecule has 8 nitrogen and oxygen atoms in total. The lowest BCUT2D eigenvalue weighted by molar-refractivity contribution is -0.277. The number of carboxylic acid groups (broad SMARTS) is 1. The van der Waals surface area contributed by atoms with Crippen LogP contribution in [0, 0.1) is 6.92 Å². The van der Waals surface area contributed by atoms with Gasteiger partial charge in [0, 0.05) is 11.8 Å². The van der Waals surface area contributed by atoms with Crippen molar-refractivity contribution in [2.45, 2.75) is 24.9 Å². The number of alkyl halides is 6. The molecule has 0 bridgehead atoms. The molecule has 0 aliphatic rings. The van der Waals surface area contributed by atoms with Crippen LogP contribution in [-0.4, -0.2) is 54.6 Å². The Bertz CT molecular complexity index is 1150. The highest BCUT2D eigenvalue weighted by atomic mass is 32.1. The second-order valence-corrected chi connectivity index (χ2v) is 7.55. The number of rotatable bonds is 4. The van der Waals surface area contributed by atoms with E-state index >= 15 is 0 Å². The van der Waals surface area contributed by atoms with Crippen molar-refractivity contribution in [3.05, 3.63) is 47.8 Å². The van der Waals surface area contributed by atoms with Gasteiger partial charge in [0.25, 0.3) is 0 Å². The zero-order valence-corrected chi connectivity index (χ0v) is 17.8. The second-order valence-electron chi connectivity index (χ2n) is 6.71. The summed E-state index contributed by atoms with van der Waals surface area (Å²) in [5.41, 5.74) is 3.60. The summed E-state index contributed by atoms with van der Waals surface area (Å²) in [7, 11) is 0. The summed E-state index contributed by atoms with van der Waals surface area (Å²) in [6, 6.07) is 5.39. The van der Waals surface area contributed by atoms with Crippen molar-refractivity contribution in [2.75, 3.05) is 12.3 Å². The van der Waals surface area contributed by atoms with Crippen LogP contribution in [0.3, 0.4) is 0 Å². The number of nitrogen functional groups attached to an aromatic ring is 1. The van der Waals surface area contributed by atoms with E-state index in [1.165, 1.54) is 12.3 Å². The average Bonchev–Trinajstić information content (AvgIpc) is 3.27. The lowest BCUT2D eigenvalue weighted by atomic mass is 9.90. The topological polar surface area (TPSA) is 142 Å². The SMILES string of the molecule is Cc1ccc([C@](O)(CO)C(F)(F)F)cc1-c1cnc(N)c(-c2ccns2)n1.O=C(O)C(F)(F)F. The third-order valence-corrected chi connectivity index (χ3v) is 5.16. The molecule has 5 N–H and O–H groups in total. The Balaban J connectivity index is 0.000000509. The van der Waals surface area contributed by atoms with E-state index in [4.69, 9.17) is 15.6 Å². The number of aliphatic carboxylic acids is 1. The van der Waals surface area contributed by atoms with Crippen LogP contribution < -0.4 is 5.73 Å². The first-order chi connectivity index (χ1) is 15.6. The molecule has 2 aromatic heterocycles. The molecule has 3 rings (SSSR count). The molecular weight excluding hydrogens is 494 g/mol. The zero-order valence-electron chi connectivity index (χ0n) is 17.0. The minimum Gasteiger partial charge on any atom is -0.475 e. The molecule has 0 amide bonds. The summed E-state index contributed by atoms with van der Waals surface area (Å²) in [5, 5.41) is 26.3. The summed E-state index contributed by atoms with van der Waals surface area (Å²) in [6.07, 6.45) is -7.21. The van der Waals surface area contributed by atoms with Gasteiger partial charge in [-0.2, -0.15) is 26.3 Å². The van der Waals surface area contributed by atoms with Gasteiger partial charge in [-0.15, -0.1) is 0 Å². The number of benzene rings is 1. The second kappa shape index (κ2) is 9.90. The summed E-state index contributed by atoms with van der Waals surface area (Å²) in [6.45, 7) is 0.188. The van der Waals surface area contributed by atoms with E-state index in [9.17, 15) is 36.6 Å². The van der Waals surface area contributed by atoms with Crippen LogP contribution in [0.15, 0.2) is 36.7 Å². The summed E-state index contributed by atoms with van der Waals surface area (Å²) in [5.74, 6) is -2.59. The van der Waals surface area contributed by atoms with E-state index in [0.717, 1.165) is 23.7 Å². The van der Waals surface area contributed by atoms with E-state index in [1.807, 2.05) is 0 Å². The number of carboxylic acids is 1. The predicted molar refractivity (Wildman–Crippen MR) is 108 cm³/mol. The molecule has 0 radical (unpaired) electrons. The number of aliphatic hydroxyl groups excluding tert-OH is 1. The Morgan fingerprint density at radius 3 is 2.24 bits per heavy atom. The number of nitrogens with two attached hydrogens (primary N) is 1. The van der Waals surface area contributed by atoms with Crippen LogP contribution >= 0.6 is 11.5 Å². The zero-order chi connectivity index (χ0) is 25.9.